The lowest BCUT2D eigenvalue weighted by molar-refractivity contribution is 0.0768. The second-order valence-electron chi connectivity index (χ2n) is 5.07. The third-order valence-corrected chi connectivity index (χ3v) is 3.31. The van der Waals surface area contributed by atoms with Gasteiger partial charge in [0.15, 0.2) is 5.78 Å². The Hall–Kier alpha value is -1.33. The molecule has 0 fully saturated rings. The number of hydrogen-bond acceptors (Lipinski definition) is 3. The molecule has 112 valence electrons. The molecule has 0 aliphatic heterocycles. The quantitative estimate of drug-likeness (QED) is 0.783. The van der Waals surface area contributed by atoms with E-state index in [1.165, 1.54) is 6.07 Å². The second kappa shape index (κ2) is 7.45. The van der Waals surface area contributed by atoms with Gasteiger partial charge in [-0.15, -0.1) is 0 Å². The molecule has 1 atom stereocenters. The van der Waals surface area contributed by atoms with E-state index < -0.39 is 17.7 Å². The van der Waals surface area contributed by atoms with E-state index >= 15 is 0 Å². The van der Waals surface area contributed by atoms with Gasteiger partial charge in [0, 0.05) is 25.3 Å². The smallest absolute Gasteiger partial charge is 0.182 e. The summed E-state index contributed by atoms with van der Waals surface area (Å²) < 4.78 is 26.5. The van der Waals surface area contributed by atoms with Gasteiger partial charge in [-0.3, -0.25) is 9.69 Å². The minimum Gasteiger partial charge on any atom is -0.396 e. The molecule has 1 unspecified atom stereocenters. The molecule has 1 rings (SSSR count). The summed E-state index contributed by atoms with van der Waals surface area (Å²) in [4.78, 5) is 14.2. The Bertz CT molecular complexity index is 463. The van der Waals surface area contributed by atoms with Crippen LogP contribution < -0.4 is 0 Å². The second-order valence-corrected chi connectivity index (χ2v) is 5.07. The zero-order chi connectivity index (χ0) is 15.3. The molecule has 1 N–H and O–H groups in total. The van der Waals surface area contributed by atoms with Crippen molar-refractivity contribution in [1.29, 1.82) is 0 Å². The lowest BCUT2D eigenvalue weighted by atomic mass is 10.0. The maximum absolute atomic E-state index is 13.7. The first kappa shape index (κ1) is 16.7. The molecule has 0 saturated heterocycles. The van der Waals surface area contributed by atoms with Gasteiger partial charge in [-0.2, -0.15) is 0 Å². The van der Waals surface area contributed by atoms with Crippen LogP contribution in [-0.4, -0.2) is 41.0 Å². The van der Waals surface area contributed by atoms with Gasteiger partial charge in [-0.1, -0.05) is 0 Å². The van der Waals surface area contributed by atoms with Crippen LogP contribution in [-0.2, 0) is 0 Å². The van der Waals surface area contributed by atoms with Gasteiger partial charge in [0.2, 0.25) is 0 Å². The molecule has 0 bridgehead atoms. The van der Waals surface area contributed by atoms with Crippen LogP contribution in [0.5, 0.6) is 0 Å². The van der Waals surface area contributed by atoms with Crippen molar-refractivity contribution >= 4 is 5.78 Å². The first-order valence-corrected chi connectivity index (χ1v) is 6.74. The third kappa shape index (κ3) is 4.08. The van der Waals surface area contributed by atoms with Crippen molar-refractivity contribution in [3.8, 4) is 0 Å². The number of aliphatic hydroxyl groups is 1. The summed E-state index contributed by atoms with van der Waals surface area (Å²) in [5.41, 5.74) is -0.103. The Morgan fingerprint density at radius 2 is 1.95 bits per heavy atom. The maximum Gasteiger partial charge on any atom is 0.182 e. The highest BCUT2D eigenvalue weighted by atomic mass is 19.1. The van der Waals surface area contributed by atoms with E-state index in [4.69, 9.17) is 5.11 Å². The van der Waals surface area contributed by atoms with Gasteiger partial charge in [-0.25, -0.2) is 8.78 Å². The number of rotatable bonds is 7. The van der Waals surface area contributed by atoms with Crippen LogP contribution in [0.25, 0.3) is 0 Å². The molecule has 0 aliphatic carbocycles. The normalized spacial score (nSPS) is 13.0. The fourth-order valence-corrected chi connectivity index (χ4v) is 2.22. The van der Waals surface area contributed by atoms with Gasteiger partial charge in [0.05, 0.1) is 11.6 Å². The molecular formula is C15H21F2NO2. The highest BCUT2D eigenvalue weighted by Gasteiger charge is 2.26. The zero-order valence-electron chi connectivity index (χ0n) is 12.1. The Kier molecular flexibility index (Phi) is 6.23. The van der Waals surface area contributed by atoms with E-state index in [0.717, 1.165) is 6.07 Å². The van der Waals surface area contributed by atoms with E-state index in [-0.39, 0.29) is 24.0 Å². The van der Waals surface area contributed by atoms with Crippen LogP contribution in [0.1, 0.15) is 37.6 Å². The average molecular weight is 285 g/mol. The van der Waals surface area contributed by atoms with Crippen LogP contribution >= 0.6 is 0 Å². The number of aliphatic hydroxyl groups excluding tert-OH is 1. The predicted molar refractivity (Wildman–Crippen MR) is 73.7 cm³/mol. The van der Waals surface area contributed by atoms with Gasteiger partial charge in [-0.05, 0) is 39.3 Å². The van der Waals surface area contributed by atoms with E-state index in [9.17, 15) is 13.6 Å². The number of halogens is 2. The minimum absolute atomic E-state index is 0.0367. The molecule has 0 spiro atoms. The first-order chi connectivity index (χ1) is 9.38. The summed E-state index contributed by atoms with van der Waals surface area (Å²) in [6.45, 7) is 6.14. The molecule has 0 aliphatic rings. The Morgan fingerprint density at radius 1 is 1.30 bits per heavy atom. The Labute approximate surface area is 118 Å². The lowest BCUT2D eigenvalue weighted by Crippen LogP contribution is -2.44. The number of nitrogens with zero attached hydrogens (tertiary/aromatic N) is 1. The predicted octanol–water partition coefficient (Wildman–Crippen LogP) is 2.63. The van der Waals surface area contributed by atoms with E-state index in [2.05, 4.69) is 0 Å². The van der Waals surface area contributed by atoms with Gasteiger partial charge in [0.25, 0.3) is 0 Å². The Morgan fingerprint density at radius 3 is 2.45 bits per heavy atom. The van der Waals surface area contributed by atoms with Gasteiger partial charge >= 0.3 is 0 Å². The summed E-state index contributed by atoms with van der Waals surface area (Å²) >= 11 is 0. The van der Waals surface area contributed by atoms with Crippen molar-refractivity contribution in [1.82, 2.24) is 4.90 Å². The molecule has 0 amide bonds. The minimum atomic E-state index is -0.840. The number of benzene rings is 1. The summed E-state index contributed by atoms with van der Waals surface area (Å²) in [5.74, 6) is -1.92. The average Bonchev–Trinajstić information content (AvgIpc) is 2.37. The highest BCUT2D eigenvalue weighted by Crippen LogP contribution is 2.16. The van der Waals surface area contributed by atoms with Crippen LogP contribution in [0.15, 0.2) is 18.2 Å². The van der Waals surface area contributed by atoms with Crippen molar-refractivity contribution < 1.29 is 18.7 Å². The SMILES string of the molecule is CC(C)N(CCCO)C(C)C(=O)c1ccc(F)cc1F. The van der Waals surface area contributed by atoms with Crippen molar-refractivity contribution in [2.45, 2.75) is 39.3 Å². The maximum atomic E-state index is 13.7. The topological polar surface area (TPSA) is 40.5 Å². The van der Waals surface area contributed by atoms with Crippen LogP contribution in [0.2, 0.25) is 0 Å². The Balaban J connectivity index is 2.93. The molecule has 1 aromatic rings. The molecular weight excluding hydrogens is 264 g/mol. The van der Waals surface area contributed by atoms with Gasteiger partial charge in [0.1, 0.15) is 11.6 Å². The molecule has 5 heteroatoms. The summed E-state index contributed by atoms with van der Waals surface area (Å²) in [6, 6.07) is 2.53. The number of Topliss-reactive ketones (excluding diaryl/α,β-unsaturated/α-hetero) is 1. The number of ketones is 1. The standard InChI is InChI=1S/C15H21F2NO2/c1-10(2)18(7-4-8-19)11(3)15(20)13-6-5-12(16)9-14(13)17/h5-6,9-11,19H,4,7-8H2,1-3H3. The summed E-state index contributed by atoms with van der Waals surface area (Å²) in [6.07, 6.45) is 0.543. The molecule has 0 radical (unpaired) electrons. The zero-order valence-corrected chi connectivity index (χ0v) is 12.1. The summed E-state index contributed by atoms with van der Waals surface area (Å²) in [7, 11) is 0. The van der Waals surface area contributed by atoms with Crippen molar-refractivity contribution in [2.24, 2.45) is 0 Å². The van der Waals surface area contributed by atoms with Crippen molar-refractivity contribution in [2.75, 3.05) is 13.2 Å². The fourth-order valence-electron chi connectivity index (χ4n) is 2.22. The molecule has 3 nitrogen and oxygen atoms in total. The largest absolute Gasteiger partial charge is 0.396 e. The molecule has 0 aromatic heterocycles. The molecule has 1 aromatic carbocycles. The van der Waals surface area contributed by atoms with Crippen molar-refractivity contribution in [3.05, 3.63) is 35.4 Å². The monoisotopic (exact) mass is 285 g/mol. The number of hydrogen-bond donors (Lipinski definition) is 1. The molecule has 0 heterocycles. The van der Waals surface area contributed by atoms with Crippen LogP contribution in [0.4, 0.5) is 8.78 Å². The fraction of sp³-hybridized carbons (Fsp3) is 0.533. The van der Waals surface area contributed by atoms with E-state index in [1.54, 1.807) is 6.92 Å². The third-order valence-electron chi connectivity index (χ3n) is 3.31. The highest BCUT2D eigenvalue weighted by molar-refractivity contribution is 6.00. The summed E-state index contributed by atoms with van der Waals surface area (Å²) in [5, 5.41) is 8.90. The number of carbonyl (C=O) groups excluding carboxylic acids is 1. The van der Waals surface area contributed by atoms with Crippen molar-refractivity contribution in [3.63, 3.8) is 0 Å². The first-order valence-electron chi connectivity index (χ1n) is 6.74. The van der Waals surface area contributed by atoms with Crippen LogP contribution in [0, 0.1) is 11.6 Å². The lowest BCUT2D eigenvalue weighted by Gasteiger charge is -2.31. The molecule has 20 heavy (non-hydrogen) atoms. The van der Waals surface area contributed by atoms with E-state index in [1.807, 2.05) is 18.7 Å². The van der Waals surface area contributed by atoms with Gasteiger partial charge < -0.3 is 5.11 Å². The number of carbonyl (C=O) groups is 1. The van der Waals surface area contributed by atoms with Crippen LogP contribution in [0.3, 0.4) is 0 Å². The molecule has 0 saturated carbocycles. The van der Waals surface area contributed by atoms with E-state index in [0.29, 0.717) is 19.0 Å².